The molecule has 0 aromatic heterocycles. The van der Waals surface area contributed by atoms with Gasteiger partial charge >= 0.3 is 5.97 Å². The highest BCUT2D eigenvalue weighted by molar-refractivity contribution is 5.85. The van der Waals surface area contributed by atoms with Gasteiger partial charge in [0.25, 0.3) is 0 Å². The average molecular weight is 281 g/mol. The Kier molecular flexibility index (Phi) is 4.40. The predicted molar refractivity (Wildman–Crippen MR) is 77.2 cm³/mol. The first-order valence-electron chi connectivity index (χ1n) is 7.85. The highest BCUT2D eigenvalue weighted by atomic mass is 16.4. The molecule has 3 unspecified atom stereocenters. The summed E-state index contributed by atoms with van der Waals surface area (Å²) in [6, 6.07) is 0. The first kappa shape index (κ1) is 15.3. The second-order valence-electron chi connectivity index (χ2n) is 7.32. The van der Waals surface area contributed by atoms with Gasteiger partial charge in [-0.2, -0.15) is 0 Å². The maximum atomic E-state index is 12.7. The summed E-state index contributed by atoms with van der Waals surface area (Å²) in [7, 11) is 0. The van der Waals surface area contributed by atoms with Gasteiger partial charge in [-0.1, -0.05) is 27.2 Å². The molecule has 0 bridgehead atoms. The molecule has 3 atom stereocenters. The molecular weight excluding hydrogens is 254 g/mol. The lowest BCUT2D eigenvalue weighted by atomic mass is 9.83. The van der Waals surface area contributed by atoms with Crippen LogP contribution < -0.4 is 0 Å². The molecule has 1 saturated carbocycles. The minimum absolute atomic E-state index is 0.0844. The molecular formula is C16H27NO3. The number of hydrogen-bond donors (Lipinski definition) is 1. The summed E-state index contributed by atoms with van der Waals surface area (Å²) in [4.78, 5) is 26.1. The second-order valence-corrected chi connectivity index (χ2v) is 7.32. The van der Waals surface area contributed by atoms with Gasteiger partial charge in [-0.15, -0.1) is 0 Å². The molecule has 4 nitrogen and oxygen atoms in total. The van der Waals surface area contributed by atoms with E-state index in [1.54, 1.807) is 0 Å². The summed E-state index contributed by atoms with van der Waals surface area (Å²) in [6.07, 6.45) is 4.56. The van der Waals surface area contributed by atoms with Gasteiger partial charge < -0.3 is 10.0 Å². The SMILES string of the molecule is CCC1CC(C(=O)O)C(C(=O)N2CCCC(C)(C)C2)C1. The van der Waals surface area contributed by atoms with Crippen molar-refractivity contribution in [2.24, 2.45) is 23.2 Å². The smallest absolute Gasteiger partial charge is 0.307 e. The molecule has 1 aliphatic heterocycles. The molecule has 0 radical (unpaired) electrons. The number of carbonyl (C=O) groups is 2. The molecule has 1 amide bonds. The van der Waals surface area contributed by atoms with Gasteiger partial charge in [-0.05, 0) is 37.0 Å². The highest BCUT2D eigenvalue weighted by Crippen LogP contribution is 2.40. The summed E-state index contributed by atoms with van der Waals surface area (Å²) in [5, 5.41) is 9.38. The third-order valence-electron chi connectivity index (χ3n) is 5.08. The maximum absolute atomic E-state index is 12.7. The zero-order valence-corrected chi connectivity index (χ0v) is 12.9. The van der Waals surface area contributed by atoms with Crippen LogP contribution >= 0.6 is 0 Å². The van der Waals surface area contributed by atoms with Crippen LogP contribution in [0.4, 0.5) is 0 Å². The largest absolute Gasteiger partial charge is 0.481 e. The summed E-state index contributed by atoms with van der Waals surface area (Å²) in [5.41, 5.74) is 0.162. The molecule has 2 rings (SSSR count). The Morgan fingerprint density at radius 2 is 1.90 bits per heavy atom. The van der Waals surface area contributed by atoms with E-state index in [-0.39, 0.29) is 17.2 Å². The number of piperidine rings is 1. The van der Waals surface area contributed by atoms with Crippen molar-refractivity contribution in [2.75, 3.05) is 13.1 Å². The van der Waals surface area contributed by atoms with E-state index in [4.69, 9.17) is 0 Å². The summed E-state index contributed by atoms with van der Waals surface area (Å²) in [5.74, 6) is -1.09. The van der Waals surface area contributed by atoms with Crippen LogP contribution in [0.5, 0.6) is 0 Å². The number of hydrogen-bond acceptors (Lipinski definition) is 2. The standard InChI is InChI=1S/C16H27NO3/c1-4-11-8-12(13(9-11)15(19)20)14(18)17-7-5-6-16(2,3)10-17/h11-13H,4-10H2,1-3H3,(H,19,20). The van der Waals surface area contributed by atoms with E-state index in [9.17, 15) is 14.7 Å². The zero-order chi connectivity index (χ0) is 14.9. The topological polar surface area (TPSA) is 57.6 Å². The van der Waals surface area contributed by atoms with Crippen molar-refractivity contribution in [2.45, 2.75) is 52.9 Å². The third-order valence-corrected chi connectivity index (χ3v) is 5.08. The van der Waals surface area contributed by atoms with Gasteiger partial charge in [0.15, 0.2) is 0 Å². The van der Waals surface area contributed by atoms with Crippen molar-refractivity contribution in [3.63, 3.8) is 0 Å². The number of aliphatic carboxylic acids is 1. The van der Waals surface area contributed by atoms with Gasteiger partial charge in [0.2, 0.25) is 5.91 Å². The van der Waals surface area contributed by atoms with E-state index in [0.29, 0.717) is 12.3 Å². The quantitative estimate of drug-likeness (QED) is 0.865. The third kappa shape index (κ3) is 3.15. The van der Waals surface area contributed by atoms with Crippen LogP contribution in [-0.2, 0) is 9.59 Å². The van der Waals surface area contributed by atoms with Crippen molar-refractivity contribution in [3.8, 4) is 0 Å². The lowest BCUT2D eigenvalue weighted by Gasteiger charge is -2.39. The van der Waals surface area contributed by atoms with Gasteiger partial charge in [-0.25, -0.2) is 0 Å². The number of carbonyl (C=O) groups excluding carboxylic acids is 1. The molecule has 20 heavy (non-hydrogen) atoms. The molecule has 0 aromatic carbocycles. The maximum Gasteiger partial charge on any atom is 0.307 e. The zero-order valence-electron chi connectivity index (χ0n) is 12.9. The minimum Gasteiger partial charge on any atom is -0.481 e. The van der Waals surface area contributed by atoms with E-state index >= 15 is 0 Å². The van der Waals surface area contributed by atoms with E-state index < -0.39 is 11.9 Å². The minimum atomic E-state index is -0.796. The van der Waals surface area contributed by atoms with Crippen LogP contribution in [0, 0.1) is 23.2 Å². The number of likely N-dealkylation sites (tertiary alicyclic amines) is 1. The monoisotopic (exact) mass is 281 g/mol. The summed E-state index contributed by atoms with van der Waals surface area (Å²) >= 11 is 0. The highest BCUT2D eigenvalue weighted by Gasteiger charge is 2.44. The van der Waals surface area contributed by atoms with Crippen LogP contribution in [0.15, 0.2) is 0 Å². The van der Waals surface area contributed by atoms with E-state index in [1.807, 2.05) is 4.90 Å². The molecule has 1 saturated heterocycles. The molecule has 1 heterocycles. The number of rotatable bonds is 3. The second kappa shape index (κ2) is 5.74. The fraction of sp³-hybridized carbons (Fsp3) is 0.875. The first-order chi connectivity index (χ1) is 9.34. The van der Waals surface area contributed by atoms with Crippen LogP contribution in [0.25, 0.3) is 0 Å². The Bertz CT molecular complexity index is 391. The predicted octanol–water partition coefficient (Wildman–Crippen LogP) is 2.77. The van der Waals surface area contributed by atoms with Gasteiger partial charge in [0.05, 0.1) is 11.8 Å². The van der Waals surface area contributed by atoms with Crippen LogP contribution in [0.2, 0.25) is 0 Å². The fourth-order valence-corrected chi connectivity index (χ4v) is 3.87. The Balaban J connectivity index is 2.08. The lowest BCUT2D eigenvalue weighted by Crippen LogP contribution is -2.47. The molecule has 0 spiro atoms. The normalized spacial score (nSPS) is 33.1. The lowest BCUT2D eigenvalue weighted by molar-refractivity contribution is -0.150. The van der Waals surface area contributed by atoms with Crippen LogP contribution in [0.1, 0.15) is 52.9 Å². The summed E-state index contributed by atoms with van der Waals surface area (Å²) < 4.78 is 0. The summed E-state index contributed by atoms with van der Waals surface area (Å²) in [6.45, 7) is 8.02. The Morgan fingerprint density at radius 1 is 1.25 bits per heavy atom. The number of amides is 1. The van der Waals surface area contributed by atoms with Gasteiger partial charge in [0, 0.05) is 13.1 Å². The van der Waals surface area contributed by atoms with Crippen molar-refractivity contribution in [1.82, 2.24) is 4.90 Å². The number of carboxylic acid groups (broad SMARTS) is 1. The Hall–Kier alpha value is -1.06. The van der Waals surface area contributed by atoms with Gasteiger partial charge in [-0.3, -0.25) is 9.59 Å². The van der Waals surface area contributed by atoms with Crippen LogP contribution in [0.3, 0.4) is 0 Å². The molecule has 1 aliphatic carbocycles. The molecule has 2 aliphatic rings. The van der Waals surface area contributed by atoms with Gasteiger partial charge in [0.1, 0.15) is 0 Å². The van der Waals surface area contributed by atoms with E-state index in [2.05, 4.69) is 20.8 Å². The van der Waals surface area contributed by atoms with Crippen molar-refractivity contribution < 1.29 is 14.7 Å². The molecule has 2 fully saturated rings. The Morgan fingerprint density at radius 3 is 2.45 bits per heavy atom. The van der Waals surface area contributed by atoms with Crippen molar-refractivity contribution in [1.29, 1.82) is 0 Å². The molecule has 4 heteroatoms. The Labute approximate surface area is 121 Å². The van der Waals surface area contributed by atoms with E-state index in [0.717, 1.165) is 38.8 Å². The average Bonchev–Trinajstić information content (AvgIpc) is 2.81. The molecule has 0 aromatic rings. The molecule has 114 valence electrons. The molecule has 1 N–H and O–H groups in total. The van der Waals surface area contributed by atoms with Crippen molar-refractivity contribution in [3.05, 3.63) is 0 Å². The first-order valence-corrected chi connectivity index (χ1v) is 7.85. The van der Waals surface area contributed by atoms with E-state index in [1.165, 1.54) is 0 Å². The number of carboxylic acids is 1. The van der Waals surface area contributed by atoms with Crippen LogP contribution in [-0.4, -0.2) is 35.0 Å². The van der Waals surface area contributed by atoms with Crippen molar-refractivity contribution >= 4 is 11.9 Å². The number of nitrogens with zero attached hydrogens (tertiary/aromatic N) is 1. The fourth-order valence-electron chi connectivity index (χ4n) is 3.87.